The molecule has 0 N–H and O–H groups in total. The highest BCUT2D eigenvalue weighted by molar-refractivity contribution is 6.30. The normalized spacial score (nSPS) is 24.7. The number of piperidine rings is 1. The Morgan fingerprint density at radius 3 is 2.83 bits per heavy atom. The van der Waals surface area contributed by atoms with Gasteiger partial charge in [-0.25, -0.2) is 0 Å². The van der Waals surface area contributed by atoms with Gasteiger partial charge in [-0.05, 0) is 19.3 Å². The molecule has 6 nitrogen and oxygen atoms in total. The summed E-state index contributed by atoms with van der Waals surface area (Å²) in [6.07, 6.45) is 2.94. The number of aromatic nitrogens is 2. The Labute approximate surface area is 148 Å². The van der Waals surface area contributed by atoms with Crippen molar-refractivity contribution in [1.82, 2.24) is 19.6 Å². The zero-order chi connectivity index (χ0) is 17.3. The molecular weight excluding hydrogens is 328 g/mol. The maximum absolute atomic E-state index is 12.7. The molecule has 2 atom stereocenters. The van der Waals surface area contributed by atoms with Gasteiger partial charge in [-0.15, -0.1) is 0 Å². The van der Waals surface area contributed by atoms with Gasteiger partial charge in [0.2, 0.25) is 5.91 Å². The highest BCUT2D eigenvalue weighted by atomic mass is 35.5. The van der Waals surface area contributed by atoms with Crippen molar-refractivity contribution < 1.29 is 9.53 Å². The Balaban J connectivity index is 1.76. The van der Waals surface area contributed by atoms with E-state index >= 15 is 0 Å². The second-order valence-corrected chi connectivity index (χ2v) is 7.20. The Morgan fingerprint density at radius 1 is 1.33 bits per heavy atom. The maximum atomic E-state index is 12.7. The van der Waals surface area contributed by atoms with Gasteiger partial charge in [-0.1, -0.05) is 18.5 Å². The number of halogens is 1. The van der Waals surface area contributed by atoms with Crippen LogP contribution >= 0.6 is 11.6 Å². The van der Waals surface area contributed by atoms with Crippen LogP contribution in [0.3, 0.4) is 0 Å². The van der Waals surface area contributed by atoms with E-state index < -0.39 is 0 Å². The van der Waals surface area contributed by atoms with Gasteiger partial charge < -0.3 is 9.64 Å². The van der Waals surface area contributed by atoms with Crippen LogP contribution in [0, 0.1) is 5.92 Å². The minimum Gasteiger partial charge on any atom is -0.383 e. The van der Waals surface area contributed by atoms with Crippen LogP contribution in [0.2, 0.25) is 5.15 Å². The largest absolute Gasteiger partial charge is 0.383 e. The molecule has 3 aliphatic rings. The van der Waals surface area contributed by atoms with Crippen molar-refractivity contribution in [3.63, 3.8) is 0 Å². The van der Waals surface area contributed by atoms with Crippen molar-refractivity contribution in [2.75, 3.05) is 33.4 Å². The molecule has 1 aromatic rings. The van der Waals surface area contributed by atoms with Crippen LogP contribution in [0.5, 0.6) is 0 Å². The van der Waals surface area contributed by atoms with Gasteiger partial charge in [0.25, 0.3) is 0 Å². The molecule has 0 spiro atoms. The van der Waals surface area contributed by atoms with Crippen LogP contribution in [0.25, 0.3) is 0 Å². The highest BCUT2D eigenvalue weighted by Gasteiger charge is 2.40. The number of rotatable bonds is 6. The second-order valence-electron chi connectivity index (χ2n) is 6.84. The number of ether oxygens (including phenoxy) is 1. The molecule has 2 bridgehead atoms. The van der Waals surface area contributed by atoms with Crippen LogP contribution < -0.4 is 0 Å². The number of carbonyl (C=O) groups excluding carboxylic acids is 1. The molecular formula is C17H27ClN4O2. The third-order valence-corrected chi connectivity index (χ3v) is 5.75. The maximum Gasteiger partial charge on any atom is 0.227 e. The number of hydrogen-bond acceptors (Lipinski definition) is 4. The lowest BCUT2D eigenvalue weighted by Gasteiger charge is -2.35. The van der Waals surface area contributed by atoms with Crippen LogP contribution in [-0.2, 0) is 29.5 Å². The molecule has 1 amide bonds. The number of fused-ring (bicyclic) bond motifs is 4. The number of aryl methyl sites for hydroxylation is 2. The molecule has 4 heterocycles. The fraction of sp³-hybridized carbons (Fsp3) is 0.765. The van der Waals surface area contributed by atoms with E-state index in [1.165, 1.54) is 0 Å². The van der Waals surface area contributed by atoms with E-state index in [2.05, 4.69) is 16.9 Å². The summed E-state index contributed by atoms with van der Waals surface area (Å²) in [5.74, 6) is 0.389. The quantitative estimate of drug-likeness (QED) is 0.780. The molecule has 0 saturated carbocycles. The first-order valence-corrected chi connectivity index (χ1v) is 9.15. The average Bonchev–Trinajstić information content (AvgIpc) is 2.73. The van der Waals surface area contributed by atoms with Gasteiger partial charge in [-0.2, -0.15) is 5.10 Å². The molecule has 0 unspecified atom stereocenters. The Bertz CT molecular complexity index is 604. The minimum absolute atomic E-state index is 0.0983. The van der Waals surface area contributed by atoms with Crippen molar-refractivity contribution in [3.05, 3.63) is 16.4 Å². The summed E-state index contributed by atoms with van der Waals surface area (Å²) in [5, 5.41) is 5.22. The van der Waals surface area contributed by atoms with Crippen molar-refractivity contribution in [3.8, 4) is 0 Å². The smallest absolute Gasteiger partial charge is 0.227 e. The number of hydrogen-bond donors (Lipinski definition) is 0. The summed E-state index contributed by atoms with van der Waals surface area (Å²) in [5.41, 5.74) is 2.17. The van der Waals surface area contributed by atoms with Crippen molar-refractivity contribution in [1.29, 1.82) is 0 Å². The first-order chi connectivity index (χ1) is 11.5. The fourth-order valence-electron chi connectivity index (χ4n) is 4.01. The van der Waals surface area contributed by atoms with Gasteiger partial charge in [0.1, 0.15) is 5.15 Å². The van der Waals surface area contributed by atoms with Crippen LogP contribution in [0.1, 0.15) is 31.0 Å². The summed E-state index contributed by atoms with van der Waals surface area (Å²) in [4.78, 5) is 17.1. The number of carbonyl (C=O) groups is 1. The highest BCUT2D eigenvalue weighted by Crippen LogP contribution is 2.31. The molecule has 3 fully saturated rings. The lowest BCUT2D eigenvalue weighted by atomic mass is 9.94. The lowest BCUT2D eigenvalue weighted by Crippen LogP contribution is -2.49. The number of nitrogens with zero attached hydrogens (tertiary/aromatic N) is 4. The van der Waals surface area contributed by atoms with Crippen LogP contribution in [-0.4, -0.2) is 64.9 Å². The second kappa shape index (κ2) is 7.42. The van der Waals surface area contributed by atoms with Crippen molar-refractivity contribution in [2.24, 2.45) is 13.0 Å². The third-order valence-electron chi connectivity index (χ3n) is 5.27. The summed E-state index contributed by atoms with van der Waals surface area (Å²) in [6, 6.07) is 0.284. The molecule has 1 aromatic heterocycles. The van der Waals surface area contributed by atoms with Gasteiger partial charge in [0.15, 0.2) is 0 Å². The Kier molecular flexibility index (Phi) is 5.47. The first-order valence-electron chi connectivity index (χ1n) is 8.77. The average molecular weight is 355 g/mol. The topological polar surface area (TPSA) is 50.6 Å². The third kappa shape index (κ3) is 3.32. The predicted octanol–water partition coefficient (Wildman–Crippen LogP) is 1.71. The van der Waals surface area contributed by atoms with E-state index in [1.54, 1.807) is 11.8 Å². The Morgan fingerprint density at radius 2 is 2.12 bits per heavy atom. The molecule has 0 aliphatic carbocycles. The molecule has 3 aliphatic heterocycles. The number of methoxy groups -OCH3 is 1. The summed E-state index contributed by atoms with van der Waals surface area (Å²) in [7, 11) is 3.57. The summed E-state index contributed by atoms with van der Waals surface area (Å²) >= 11 is 6.45. The van der Waals surface area contributed by atoms with Gasteiger partial charge in [0.05, 0.1) is 18.2 Å². The number of amides is 1. The zero-order valence-electron chi connectivity index (χ0n) is 14.8. The van der Waals surface area contributed by atoms with Crippen molar-refractivity contribution >= 4 is 17.5 Å². The van der Waals surface area contributed by atoms with E-state index in [0.717, 1.165) is 50.2 Å². The fourth-order valence-corrected chi connectivity index (χ4v) is 4.21. The van der Waals surface area contributed by atoms with E-state index in [1.807, 2.05) is 11.9 Å². The first kappa shape index (κ1) is 17.7. The van der Waals surface area contributed by atoms with E-state index in [0.29, 0.717) is 24.2 Å². The molecule has 0 aromatic carbocycles. The van der Waals surface area contributed by atoms with Crippen LogP contribution in [0.4, 0.5) is 0 Å². The molecule has 24 heavy (non-hydrogen) atoms. The standard InChI is InChI=1S/C17H27ClN4O2/c1-4-15-14(16(18)20(2)19-15)11-21-9-12-5-6-13(10-21)22(17(12)23)7-8-24-3/h12-13H,4-11H2,1-3H3/t12-,13+/m1/s1. The van der Waals surface area contributed by atoms with Crippen LogP contribution in [0.15, 0.2) is 0 Å². The van der Waals surface area contributed by atoms with Gasteiger partial charge in [0, 0.05) is 51.9 Å². The molecule has 0 radical (unpaired) electrons. The Hall–Kier alpha value is -1.11. The van der Waals surface area contributed by atoms with E-state index in [9.17, 15) is 4.79 Å². The van der Waals surface area contributed by atoms with E-state index in [4.69, 9.17) is 16.3 Å². The van der Waals surface area contributed by atoms with E-state index in [-0.39, 0.29) is 12.0 Å². The minimum atomic E-state index is 0.0983. The monoisotopic (exact) mass is 354 g/mol. The lowest BCUT2D eigenvalue weighted by molar-refractivity contribution is -0.140. The summed E-state index contributed by atoms with van der Waals surface area (Å²) < 4.78 is 6.92. The molecule has 134 valence electrons. The van der Waals surface area contributed by atoms with Gasteiger partial charge in [-0.3, -0.25) is 14.4 Å². The molecule has 3 saturated heterocycles. The SMILES string of the molecule is CCc1nn(C)c(Cl)c1CN1C[C@H]2CC[C@@H](C1)N(CCOC)C2=O. The van der Waals surface area contributed by atoms with Gasteiger partial charge >= 0.3 is 0 Å². The molecule has 4 rings (SSSR count). The predicted molar refractivity (Wildman–Crippen MR) is 93.0 cm³/mol. The van der Waals surface area contributed by atoms with Crippen molar-refractivity contribution in [2.45, 2.75) is 38.8 Å². The summed E-state index contributed by atoms with van der Waals surface area (Å²) in [6.45, 7) is 5.88. The zero-order valence-corrected chi connectivity index (χ0v) is 15.6. The molecule has 7 heteroatoms.